The minimum atomic E-state index is -0.678. The first kappa shape index (κ1) is 13.3. The summed E-state index contributed by atoms with van der Waals surface area (Å²) in [5, 5.41) is 9.09. The molecule has 0 aliphatic heterocycles. The lowest BCUT2D eigenvalue weighted by Gasteiger charge is -2.39. The summed E-state index contributed by atoms with van der Waals surface area (Å²) < 4.78 is 5.34. The van der Waals surface area contributed by atoms with Crippen LogP contribution in [0.4, 0.5) is 4.79 Å². The summed E-state index contributed by atoms with van der Waals surface area (Å²) >= 11 is 0. The fourth-order valence-corrected chi connectivity index (χ4v) is 2.69. The Bertz CT molecular complexity index is 232. The van der Waals surface area contributed by atoms with Gasteiger partial charge in [-0.2, -0.15) is 0 Å². The summed E-state index contributed by atoms with van der Waals surface area (Å²) in [5.41, 5.74) is 4.76. The van der Waals surface area contributed by atoms with Crippen LogP contribution in [0.25, 0.3) is 0 Å². The highest BCUT2D eigenvalue weighted by molar-refractivity contribution is 5.65. The van der Waals surface area contributed by atoms with Crippen LogP contribution in [-0.4, -0.2) is 23.4 Å². The molecule has 4 heteroatoms. The van der Waals surface area contributed by atoms with Gasteiger partial charge in [-0.05, 0) is 43.9 Å². The maximum absolute atomic E-state index is 11.0. The molecule has 0 unspecified atom stereocenters. The van der Waals surface area contributed by atoms with Crippen LogP contribution >= 0.6 is 0 Å². The Hall–Kier alpha value is -0.770. The molecule has 1 aliphatic rings. The normalized spacial score (nSPS) is 30.4. The molecule has 0 saturated heterocycles. The van der Waals surface area contributed by atoms with Crippen molar-refractivity contribution in [3.63, 3.8) is 0 Å². The van der Waals surface area contributed by atoms with Crippen molar-refractivity contribution >= 4 is 6.09 Å². The Morgan fingerprint density at radius 2 is 2.06 bits per heavy atom. The van der Waals surface area contributed by atoms with Crippen LogP contribution < -0.4 is 5.73 Å². The third-order valence-electron chi connectivity index (χ3n) is 3.37. The van der Waals surface area contributed by atoms with Gasteiger partial charge in [-0.3, -0.25) is 0 Å². The van der Waals surface area contributed by atoms with Gasteiger partial charge in [0.1, 0.15) is 5.60 Å². The standard InChI is InChI=1S/C12H23NO3/c1-9(2)7-12(16-11(13)15)5-3-10(8-14)4-6-12/h9-10,14H,3-8H2,1-2H3,(H2,13,15). The molecule has 1 amide bonds. The molecule has 0 aromatic heterocycles. The molecule has 3 N–H and O–H groups in total. The van der Waals surface area contributed by atoms with E-state index in [1.54, 1.807) is 0 Å². The number of hydrogen-bond acceptors (Lipinski definition) is 3. The lowest BCUT2D eigenvalue weighted by atomic mass is 9.75. The van der Waals surface area contributed by atoms with E-state index >= 15 is 0 Å². The second-order valence-electron chi connectivity index (χ2n) is 5.33. The average Bonchev–Trinajstić information content (AvgIpc) is 2.16. The van der Waals surface area contributed by atoms with E-state index in [2.05, 4.69) is 13.8 Å². The number of hydrogen-bond donors (Lipinski definition) is 2. The first-order chi connectivity index (χ1) is 7.47. The Morgan fingerprint density at radius 3 is 2.44 bits per heavy atom. The number of rotatable bonds is 4. The number of carbonyl (C=O) groups is 1. The molecule has 4 nitrogen and oxygen atoms in total. The molecule has 0 heterocycles. The van der Waals surface area contributed by atoms with Crippen LogP contribution in [0.15, 0.2) is 0 Å². The van der Waals surface area contributed by atoms with E-state index in [0.717, 1.165) is 32.1 Å². The molecular weight excluding hydrogens is 206 g/mol. The van der Waals surface area contributed by atoms with Gasteiger partial charge in [0.05, 0.1) is 0 Å². The quantitative estimate of drug-likeness (QED) is 0.775. The Labute approximate surface area is 97.2 Å². The molecule has 1 saturated carbocycles. The fourth-order valence-electron chi connectivity index (χ4n) is 2.69. The zero-order valence-electron chi connectivity index (χ0n) is 10.2. The number of aliphatic hydroxyl groups excluding tert-OH is 1. The van der Waals surface area contributed by atoms with Crippen LogP contribution in [0.2, 0.25) is 0 Å². The van der Waals surface area contributed by atoms with Gasteiger partial charge < -0.3 is 15.6 Å². The number of aliphatic hydroxyl groups is 1. The van der Waals surface area contributed by atoms with Crippen molar-refractivity contribution in [1.29, 1.82) is 0 Å². The summed E-state index contributed by atoms with van der Waals surface area (Å²) in [4.78, 5) is 11.0. The second kappa shape index (κ2) is 5.53. The van der Waals surface area contributed by atoms with Crippen molar-refractivity contribution in [3.05, 3.63) is 0 Å². The third-order valence-corrected chi connectivity index (χ3v) is 3.37. The van der Waals surface area contributed by atoms with Crippen molar-refractivity contribution in [2.24, 2.45) is 17.6 Å². The highest BCUT2D eigenvalue weighted by Crippen LogP contribution is 2.39. The van der Waals surface area contributed by atoms with Gasteiger partial charge in [-0.25, -0.2) is 4.79 Å². The largest absolute Gasteiger partial charge is 0.443 e. The van der Waals surface area contributed by atoms with Crippen LogP contribution in [0.5, 0.6) is 0 Å². The van der Waals surface area contributed by atoms with Gasteiger partial charge in [0.2, 0.25) is 0 Å². The number of amides is 1. The van der Waals surface area contributed by atoms with Gasteiger partial charge in [-0.15, -0.1) is 0 Å². The predicted molar refractivity (Wildman–Crippen MR) is 61.9 cm³/mol. The Balaban J connectivity index is 2.62. The average molecular weight is 229 g/mol. The summed E-state index contributed by atoms with van der Waals surface area (Å²) in [7, 11) is 0. The zero-order chi connectivity index (χ0) is 12.2. The second-order valence-corrected chi connectivity index (χ2v) is 5.33. The van der Waals surface area contributed by atoms with E-state index < -0.39 is 6.09 Å². The van der Waals surface area contributed by atoms with Crippen molar-refractivity contribution in [3.8, 4) is 0 Å². The number of nitrogens with two attached hydrogens (primary N) is 1. The topological polar surface area (TPSA) is 72.5 Å². The minimum Gasteiger partial charge on any atom is -0.443 e. The molecule has 1 aliphatic carbocycles. The number of primary amides is 1. The molecule has 0 bridgehead atoms. The smallest absolute Gasteiger partial charge is 0.405 e. The van der Waals surface area contributed by atoms with Gasteiger partial charge in [0.25, 0.3) is 0 Å². The highest BCUT2D eigenvalue weighted by atomic mass is 16.6. The van der Waals surface area contributed by atoms with Crippen LogP contribution in [0, 0.1) is 11.8 Å². The predicted octanol–water partition coefficient (Wildman–Crippen LogP) is 2.05. The highest BCUT2D eigenvalue weighted by Gasteiger charge is 2.38. The van der Waals surface area contributed by atoms with E-state index in [-0.39, 0.29) is 12.2 Å². The van der Waals surface area contributed by atoms with Crippen LogP contribution in [0.1, 0.15) is 46.0 Å². The van der Waals surface area contributed by atoms with Crippen LogP contribution in [0.3, 0.4) is 0 Å². The molecule has 0 aromatic carbocycles. The molecule has 1 rings (SSSR count). The molecule has 94 valence electrons. The van der Waals surface area contributed by atoms with E-state index in [9.17, 15) is 4.79 Å². The molecule has 1 fully saturated rings. The van der Waals surface area contributed by atoms with Gasteiger partial charge in [0.15, 0.2) is 0 Å². The van der Waals surface area contributed by atoms with Gasteiger partial charge >= 0.3 is 6.09 Å². The van der Waals surface area contributed by atoms with Gasteiger partial charge in [-0.1, -0.05) is 13.8 Å². The summed E-state index contributed by atoms with van der Waals surface area (Å²) in [6.45, 7) is 4.46. The minimum absolute atomic E-state index is 0.230. The molecular formula is C12H23NO3. The molecule has 0 aromatic rings. The van der Waals surface area contributed by atoms with Crippen molar-refractivity contribution in [2.45, 2.75) is 51.6 Å². The Kier molecular flexibility index (Phi) is 4.59. The lowest BCUT2D eigenvalue weighted by Crippen LogP contribution is -2.42. The monoisotopic (exact) mass is 229 g/mol. The van der Waals surface area contributed by atoms with Crippen molar-refractivity contribution in [2.75, 3.05) is 6.61 Å². The first-order valence-electron chi connectivity index (χ1n) is 6.07. The summed E-state index contributed by atoms with van der Waals surface area (Å²) in [5.74, 6) is 0.835. The van der Waals surface area contributed by atoms with E-state index in [1.165, 1.54) is 0 Å². The summed E-state index contributed by atoms with van der Waals surface area (Å²) in [6, 6.07) is 0. The third kappa shape index (κ3) is 3.67. The van der Waals surface area contributed by atoms with E-state index in [4.69, 9.17) is 15.6 Å². The van der Waals surface area contributed by atoms with E-state index in [1.807, 2.05) is 0 Å². The van der Waals surface area contributed by atoms with Crippen molar-refractivity contribution < 1.29 is 14.6 Å². The molecule has 0 spiro atoms. The lowest BCUT2D eigenvalue weighted by molar-refractivity contribution is -0.0413. The van der Waals surface area contributed by atoms with E-state index in [0.29, 0.717) is 11.8 Å². The zero-order valence-corrected chi connectivity index (χ0v) is 10.2. The van der Waals surface area contributed by atoms with Crippen molar-refractivity contribution in [1.82, 2.24) is 0 Å². The fraction of sp³-hybridized carbons (Fsp3) is 0.917. The van der Waals surface area contributed by atoms with Gasteiger partial charge in [0, 0.05) is 6.61 Å². The van der Waals surface area contributed by atoms with Crippen LogP contribution in [-0.2, 0) is 4.74 Å². The SMILES string of the molecule is CC(C)CC1(OC(N)=O)CCC(CO)CC1. The maximum atomic E-state index is 11.0. The maximum Gasteiger partial charge on any atom is 0.405 e. The Morgan fingerprint density at radius 1 is 1.50 bits per heavy atom. The summed E-state index contributed by atoms with van der Waals surface area (Å²) in [6.07, 6.45) is 3.64. The molecule has 0 atom stereocenters. The number of ether oxygens (including phenoxy) is 1. The molecule has 16 heavy (non-hydrogen) atoms. The first-order valence-corrected chi connectivity index (χ1v) is 6.07. The number of carbonyl (C=O) groups excluding carboxylic acids is 1. The molecule has 0 radical (unpaired) electrons.